The smallest absolute Gasteiger partial charge is 0.333 e. The second kappa shape index (κ2) is 6.51. The molecule has 3 aliphatic rings. The van der Waals surface area contributed by atoms with Gasteiger partial charge in [0.15, 0.2) is 0 Å². The van der Waals surface area contributed by atoms with Gasteiger partial charge in [-0.1, -0.05) is 20.8 Å². The van der Waals surface area contributed by atoms with Crippen molar-refractivity contribution in [2.45, 2.75) is 51.9 Å². The lowest BCUT2D eigenvalue weighted by molar-refractivity contribution is 0.000431. The molecule has 3 saturated heterocycles. The van der Waals surface area contributed by atoms with Crippen LogP contribution in [0.4, 0.5) is 8.78 Å². The highest BCUT2D eigenvalue weighted by molar-refractivity contribution is 5.92. The molecular formula is C19H28F2N4O2. The van der Waals surface area contributed by atoms with E-state index >= 15 is 0 Å². The van der Waals surface area contributed by atoms with E-state index in [4.69, 9.17) is 4.74 Å². The number of nitrogens with one attached hydrogen (secondary N) is 1. The van der Waals surface area contributed by atoms with E-state index in [1.54, 1.807) is 0 Å². The molecule has 0 saturated carbocycles. The summed E-state index contributed by atoms with van der Waals surface area (Å²) in [6.45, 7) is 7.49. The minimum absolute atomic E-state index is 0.0230. The van der Waals surface area contributed by atoms with Crippen LogP contribution in [0.3, 0.4) is 0 Å². The normalized spacial score (nSPS) is 33.0. The third-order valence-electron chi connectivity index (χ3n) is 6.09. The van der Waals surface area contributed by atoms with Crippen LogP contribution in [0.5, 0.6) is 0 Å². The maximum Gasteiger partial charge on any atom is 0.333 e. The van der Waals surface area contributed by atoms with Crippen molar-refractivity contribution < 1.29 is 18.3 Å². The molecule has 2 bridgehead atoms. The summed E-state index contributed by atoms with van der Waals surface area (Å²) in [7, 11) is 0. The molecule has 0 unspecified atom stereocenters. The lowest BCUT2D eigenvalue weighted by Gasteiger charge is -2.29. The van der Waals surface area contributed by atoms with E-state index in [-0.39, 0.29) is 28.7 Å². The highest BCUT2D eigenvalue weighted by Gasteiger charge is 2.62. The summed E-state index contributed by atoms with van der Waals surface area (Å²) in [6, 6.07) is 1.32. The van der Waals surface area contributed by atoms with Crippen molar-refractivity contribution in [3.8, 4) is 0 Å². The van der Waals surface area contributed by atoms with Gasteiger partial charge in [-0.05, 0) is 24.3 Å². The topological polar surface area (TPSA) is 59.4 Å². The molecule has 27 heavy (non-hydrogen) atoms. The molecule has 6 nitrogen and oxygen atoms in total. The first-order valence-corrected chi connectivity index (χ1v) is 9.69. The molecule has 1 aromatic heterocycles. The summed E-state index contributed by atoms with van der Waals surface area (Å²) in [4.78, 5) is 14.8. The molecule has 8 heteroatoms. The summed E-state index contributed by atoms with van der Waals surface area (Å²) >= 11 is 0. The summed E-state index contributed by atoms with van der Waals surface area (Å²) in [5.74, 6) is 0.276. The zero-order valence-corrected chi connectivity index (χ0v) is 16.1. The van der Waals surface area contributed by atoms with Gasteiger partial charge in [0.25, 0.3) is 5.91 Å². The first-order valence-electron chi connectivity index (χ1n) is 9.69. The molecule has 1 aromatic rings. The highest BCUT2D eigenvalue weighted by Crippen LogP contribution is 2.54. The van der Waals surface area contributed by atoms with Crippen LogP contribution in [0.25, 0.3) is 0 Å². The summed E-state index contributed by atoms with van der Waals surface area (Å²) in [5, 5.41) is 6.53. The predicted octanol–water partition coefficient (Wildman–Crippen LogP) is 2.53. The number of halogens is 2. The van der Waals surface area contributed by atoms with Gasteiger partial charge in [-0.3, -0.25) is 9.69 Å². The molecule has 4 atom stereocenters. The van der Waals surface area contributed by atoms with E-state index in [2.05, 4.69) is 36.1 Å². The average Bonchev–Trinajstić information content (AvgIpc) is 3.30. The van der Waals surface area contributed by atoms with Crippen molar-refractivity contribution in [3.05, 3.63) is 18.0 Å². The molecule has 0 aromatic carbocycles. The predicted molar refractivity (Wildman–Crippen MR) is 95.5 cm³/mol. The molecule has 0 radical (unpaired) electrons. The van der Waals surface area contributed by atoms with Crippen LogP contribution in [0.2, 0.25) is 0 Å². The molecule has 4 heterocycles. The van der Waals surface area contributed by atoms with Gasteiger partial charge in [0, 0.05) is 44.2 Å². The largest absolute Gasteiger partial charge is 0.370 e. The van der Waals surface area contributed by atoms with Crippen molar-refractivity contribution in [1.82, 2.24) is 20.0 Å². The molecule has 1 spiro atoms. The van der Waals surface area contributed by atoms with Gasteiger partial charge in [-0.2, -0.15) is 13.9 Å². The Hall–Kier alpha value is -1.54. The van der Waals surface area contributed by atoms with Gasteiger partial charge in [-0.25, -0.2) is 4.68 Å². The second-order valence-electron chi connectivity index (χ2n) is 9.43. The van der Waals surface area contributed by atoms with Gasteiger partial charge >= 0.3 is 6.55 Å². The molecule has 150 valence electrons. The van der Waals surface area contributed by atoms with Gasteiger partial charge < -0.3 is 10.1 Å². The number of rotatable bonds is 5. The average molecular weight is 382 g/mol. The first kappa shape index (κ1) is 18.8. The maximum absolute atomic E-state index is 12.6. The van der Waals surface area contributed by atoms with Crippen molar-refractivity contribution >= 4 is 5.91 Å². The molecule has 1 N–H and O–H groups in total. The van der Waals surface area contributed by atoms with Crippen molar-refractivity contribution in [1.29, 1.82) is 0 Å². The van der Waals surface area contributed by atoms with Gasteiger partial charge in [-0.15, -0.1) is 0 Å². The molecule has 3 fully saturated rings. The zero-order valence-electron chi connectivity index (χ0n) is 16.1. The molecule has 3 aliphatic heterocycles. The van der Waals surface area contributed by atoms with E-state index in [0.29, 0.717) is 17.1 Å². The summed E-state index contributed by atoms with van der Waals surface area (Å²) in [6.07, 6.45) is 3.43. The Kier molecular flexibility index (Phi) is 4.54. The number of alkyl halides is 2. The van der Waals surface area contributed by atoms with Crippen LogP contribution >= 0.6 is 0 Å². The SMILES string of the molecule is CC(C)(C)CN1C[C@@H]2[C@H](CNC(=O)c3ccn(C(F)F)n3)[C@H]3CC[C@]2(C1)O3. The van der Waals surface area contributed by atoms with Gasteiger partial charge in [0.1, 0.15) is 5.69 Å². The minimum atomic E-state index is -2.74. The molecule has 4 rings (SSSR count). The lowest BCUT2D eigenvalue weighted by Crippen LogP contribution is -2.42. The fraction of sp³-hybridized carbons (Fsp3) is 0.789. The first-order chi connectivity index (χ1) is 12.7. The van der Waals surface area contributed by atoms with Gasteiger partial charge in [0.2, 0.25) is 0 Å². The van der Waals surface area contributed by atoms with Crippen LogP contribution in [-0.2, 0) is 4.74 Å². The number of amides is 1. The summed E-state index contributed by atoms with van der Waals surface area (Å²) in [5.41, 5.74) is 0.193. The molecule has 0 aliphatic carbocycles. The zero-order chi connectivity index (χ0) is 19.4. The summed E-state index contributed by atoms with van der Waals surface area (Å²) < 4.78 is 32.1. The number of ether oxygens (including phenoxy) is 1. The van der Waals surface area contributed by atoms with Crippen LogP contribution < -0.4 is 5.32 Å². The second-order valence-corrected chi connectivity index (χ2v) is 9.43. The third-order valence-corrected chi connectivity index (χ3v) is 6.09. The molecular weight excluding hydrogens is 354 g/mol. The molecule has 1 amide bonds. The number of aromatic nitrogens is 2. The van der Waals surface area contributed by atoms with Gasteiger partial charge in [0.05, 0.1) is 11.7 Å². The minimum Gasteiger partial charge on any atom is -0.370 e. The Balaban J connectivity index is 1.39. The quantitative estimate of drug-likeness (QED) is 0.850. The Morgan fingerprint density at radius 2 is 2.26 bits per heavy atom. The van der Waals surface area contributed by atoms with Crippen LogP contribution in [-0.4, -0.2) is 58.5 Å². The number of hydrogen-bond donors (Lipinski definition) is 1. The number of likely N-dealkylation sites (tertiary alicyclic amines) is 1. The van der Waals surface area contributed by atoms with Crippen molar-refractivity contribution in [2.24, 2.45) is 17.3 Å². The van der Waals surface area contributed by atoms with Crippen molar-refractivity contribution in [2.75, 3.05) is 26.2 Å². The van der Waals surface area contributed by atoms with Crippen LogP contribution in [0.15, 0.2) is 12.3 Å². The van der Waals surface area contributed by atoms with Crippen LogP contribution in [0.1, 0.15) is 50.7 Å². The number of nitrogens with zero attached hydrogens (tertiary/aromatic N) is 3. The van der Waals surface area contributed by atoms with E-state index in [1.807, 2.05) is 0 Å². The standard InChI is InChI=1S/C19H28F2N4O2/c1-18(2,3)10-24-9-13-12(15-4-6-19(13,11-24)27-15)8-22-16(26)14-5-7-25(23-14)17(20)21/h5,7,12-13,15,17H,4,6,8-11H2,1-3H3,(H,22,26)/t12-,13+,15+,19+/m0/s1. The fourth-order valence-corrected chi connectivity index (χ4v) is 5.22. The third kappa shape index (κ3) is 3.49. The van der Waals surface area contributed by atoms with Crippen LogP contribution in [0, 0.1) is 17.3 Å². The number of hydrogen-bond acceptors (Lipinski definition) is 4. The lowest BCUT2D eigenvalue weighted by atomic mass is 9.73. The number of carbonyl (C=O) groups is 1. The maximum atomic E-state index is 12.6. The van der Waals surface area contributed by atoms with E-state index in [1.165, 1.54) is 6.07 Å². The van der Waals surface area contributed by atoms with E-state index < -0.39 is 12.5 Å². The van der Waals surface area contributed by atoms with E-state index in [0.717, 1.165) is 38.7 Å². The Morgan fingerprint density at radius 1 is 1.48 bits per heavy atom. The Morgan fingerprint density at radius 3 is 2.93 bits per heavy atom. The number of fused-ring (bicyclic) bond motifs is 1. The number of carbonyl (C=O) groups excluding carboxylic acids is 1. The monoisotopic (exact) mass is 382 g/mol. The highest BCUT2D eigenvalue weighted by atomic mass is 19.3. The Labute approximate surface area is 158 Å². The van der Waals surface area contributed by atoms with E-state index in [9.17, 15) is 13.6 Å². The van der Waals surface area contributed by atoms with Crippen molar-refractivity contribution in [3.63, 3.8) is 0 Å². The Bertz CT molecular complexity index is 717. The fourth-order valence-electron chi connectivity index (χ4n) is 5.22.